The second kappa shape index (κ2) is 6.06. The fourth-order valence-corrected chi connectivity index (χ4v) is 4.47. The van der Waals surface area contributed by atoms with Gasteiger partial charge in [0.2, 0.25) is 10.0 Å². The Kier molecular flexibility index (Phi) is 4.29. The molecule has 1 aliphatic heterocycles. The first kappa shape index (κ1) is 15.6. The van der Waals surface area contributed by atoms with Crippen LogP contribution in [0.3, 0.4) is 0 Å². The van der Waals surface area contributed by atoms with Gasteiger partial charge in [-0.05, 0) is 25.0 Å². The molecule has 0 radical (unpaired) electrons. The van der Waals surface area contributed by atoms with Crippen molar-refractivity contribution in [3.05, 3.63) is 18.2 Å². The molecule has 0 N–H and O–H groups in total. The van der Waals surface area contributed by atoms with E-state index >= 15 is 0 Å². The summed E-state index contributed by atoms with van der Waals surface area (Å²) in [7, 11) is -0.566. The summed E-state index contributed by atoms with van der Waals surface area (Å²) < 4.78 is 37.7. The lowest BCUT2D eigenvalue weighted by molar-refractivity contribution is 0.180. The lowest BCUT2D eigenvalue weighted by atomic mass is 10.3. The van der Waals surface area contributed by atoms with Gasteiger partial charge in [-0.1, -0.05) is 0 Å². The number of nitrogens with zero attached hydrogens (tertiary/aromatic N) is 2. The van der Waals surface area contributed by atoms with Gasteiger partial charge in [0.1, 0.15) is 16.4 Å². The highest BCUT2D eigenvalue weighted by Gasteiger charge is 2.36. The van der Waals surface area contributed by atoms with Gasteiger partial charge >= 0.3 is 0 Å². The number of sulfonamides is 1. The molecule has 2 aliphatic rings. The summed E-state index contributed by atoms with van der Waals surface area (Å²) in [6, 6.07) is 5.53. The van der Waals surface area contributed by atoms with E-state index in [4.69, 9.17) is 9.47 Å². The van der Waals surface area contributed by atoms with E-state index in [9.17, 15) is 8.42 Å². The van der Waals surface area contributed by atoms with Crippen molar-refractivity contribution < 1.29 is 17.9 Å². The topological polar surface area (TPSA) is 59.1 Å². The number of rotatable bonds is 5. The molecule has 0 unspecified atom stereocenters. The zero-order chi connectivity index (χ0) is 15.7. The van der Waals surface area contributed by atoms with Crippen LogP contribution in [0, 0.1) is 0 Å². The average molecular weight is 326 g/mol. The summed E-state index contributed by atoms with van der Waals surface area (Å²) in [5, 5.41) is 0. The van der Waals surface area contributed by atoms with Crippen LogP contribution in [0.1, 0.15) is 12.8 Å². The van der Waals surface area contributed by atoms with Gasteiger partial charge in [-0.2, -0.15) is 4.31 Å². The monoisotopic (exact) mass is 326 g/mol. The van der Waals surface area contributed by atoms with Gasteiger partial charge in [0.15, 0.2) is 0 Å². The maximum absolute atomic E-state index is 12.9. The molecule has 1 aromatic rings. The lowest BCUT2D eigenvalue weighted by Crippen LogP contribution is -2.49. The molecule has 7 heteroatoms. The fraction of sp³-hybridized carbons (Fsp3) is 0.600. The normalized spacial score (nSPS) is 20.8. The van der Waals surface area contributed by atoms with Crippen LogP contribution in [0.2, 0.25) is 0 Å². The Morgan fingerprint density at radius 1 is 1.05 bits per heavy atom. The molecular weight excluding hydrogens is 304 g/mol. The molecule has 1 aliphatic carbocycles. The predicted octanol–water partition coefficient (Wildman–Crippen LogP) is 1.17. The summed E-state index contributed by atoms with van der Waals surface area (Å²) in [5.41, 5.74) is 0. The standard InChI is InChI=1S/C15H22N2O4S/c1-20-13-5-6-14(21-2)15(11-13)22(18,19)17-9-7-16(8-10-17)12-3-4-12/h5-6,11-12H,3-4,7-10H2,1-2H3. The first-order valence-electron chi connectivity index (χ1n) is 7.52. The molecule has 122 valence electrons. The van der Waals surface area contributed by atoms with Gasteiger partial charge < -0.3 is 9.47 Å². The molecule has 1 saturated heterocycles. The summed E-state index contributed by atoms with van der Waals surface area (Å²) in [5.74, 6) is 0.862. The second-order valence-corrected chi connectivity index (χ2v) is 7.59. The number of ether oxygens (including phenoxy) is 2. The van der Waals surface area contributed by atoms with Crippen molar-refractivity contribution in [2.45, 2.75) is 23.8 Å². The number of methoxy groups -OCH3 is 2. The Labute approximate surface area is 131 Å². The molecule has 22 heavy (non-hydrogen) atoms. The van der Waals surface area contributed by atoms with Crippen LogP contribution in [-0.2, 0) is 10.0 Å². The first-order chi connectivity index (χ1) is 10.6. The van der Waals surface area contributed by atoms with Gasteiger partial charge in [0.25, 0.3) is 0 Å². The van der Waals surface area contributed by atoms with Crippen LogP contribution in [0.5, 0.6) is 11.5 Å². The van der Waals surface area contributed by atoms with Gasteiger partial charge in [-0.3, -0.25) is 4.90 Å². The second-order valence-electron chi connectivity index (χ2n) is 5.69. The molecular formula is C15H22N2O4S. The van der Waals surface area contributed by atoms with Crippen LogP contribution < -0.4 is 9.47 Å². The molecule has 0 amide bonds. The third kappa shape index (κ3) is 2.93. The Balaban J connectivity index is 1.83. The van der Waals surface area contributed by atoms with Crippen molar-refractivity contribution in [1.82, 2.24) is 9.21 Å². The number of benzene rings is 1. The van der Waals surface area contributed by atoms with Crippen LogP contribution in [0.25, 0.3) is 0 Å². The Bertz CT molecular complexity index is 635. The van der Waals surface area contributed by atoms with Crippen molar-refractivity contribution in [2.75, 3.05) is 40.4 Å². The highest BCUT2D eigenvalue weighted by molar-refractivity contribution is 7.89. The molecule has 2 fully saturated rings. The molecule has 0 aromatic heterocycles. The van der Waals surface area contributed by atoms with Crippen molar-refractivity contribution in [1.29, 1.82) is 0 Å². The van der Waals surface area contributed by atoms with E-state index in [-0.39, 0.29) is 4.90 Å². The molecule has 6 nitrogen and oxygen atoms in total. The summed E-state index contributed by atoms with van der Waals surface area (Å²) in [6.07, 6.45) is 2.49. The van der Waals surface area contributed by atoms with E-state index < -0.39 is 10.0 Å². The van der Waals surface area contributed by atoms with E-state index in [1.165, 1.54) is 33.1 Å². The van der Waals surface area contributed by atoms with E-state index in [2.05, 4.69) is 4.90 Å². The molecule has 0 atom stereocenters. The highest BCUT2D eigenvalue weighted by Crippen LogP contribution is 2.32. The van der Waals surface area contributed by atoms with E-state index in [1.54, 1.807) is 16.4 Å². The van der Waals surface area contributed by atoms with Crippen LogP contribution in [-0.4, -0.2) is 64.1 Å². The number of hydrogen-bond acceptors (Lipinski definition) is 5. The third-order valence-corrected chi connectivity index (χ3v) is 6.24. The quantitative estimate of drug-likeness (QED) is 0.813. The Hall–Kier alpha value is -1.31. The molecule has 1 saturated carbocycles. The van der Waals surface area contributed by atoms with Crippen LogP contribution >= 0.6 is 0 Å². The predicted molar refractivity (Wildman–Crippen MR) is 82.9 cm³/mol. The summed E-state index contributed by atoms with van der Waals surface area (Å²) in [4.78, 5) is 2.56. The van der Waals surface area contributed by atoms with Gasteiger partial charge in [-0.15, -0.1) is 0 Å². The fourth-order valence-electron chi connectivity index (χ4n) is 2.87. The number of piperazine rings is 1. The number of hydrogen-bond donors (Lipinski definition) is 0. The van der Waals surface area contributed by atoms with Crippen molar-refractivity contribution in [2.24, 2.45) is 0 Å². The minimum absolute atomic E-state index is 0.175. The zero-order valence-corrected chi connectivity index (χ0v) is 13.8. The first-order valence-corrected chi connectivity index (χ1v) is 8.96. The third-order valence-electron chi connectivity index (χ3n) is 4.33. The van der Waals surface area contributed by atoms with Crippen molar-refractivity contribution in [3.8, 4) is 11.5 Å². The molecule has 1 aromatic carbocycles. The van der Waals surface area contributed by atoms with Gasteiger partial charge in [-0.25, -0.2) is 8.42 Å². The van der Waals surface area contributed by atoms with Crippen molar-refractivity contribution in [3.63, 3.8) is 0 Å². The zero-order valence-electron chi connectivity index (χ0n) is 13.0. The smallest absolute Gasteiger partial charge is 0.246 e. The highest BCUT2D eigenvalue weighted by atomic mass is 32.2. The molecule has 1 heterocycles. The molecule has 3 rings (SSSR count). The minimum atomic E-state index is -3.56. The Morgan fingerprint density at radius 2 is 1.73 bits per heavy atom. The Morgan fingerprint density at radius 3 is 2.27 bits per heavy atom. The van der Waals surface area contributed by atoms with Crippen LogP contribution in [0.4, 0.5) is 0 Å². The van der Waals surface area contributed by atoms with E-state index in [1.807, 2.05) is 0 Å². The average Bonchev–Trinajstić information content (AvgIpc) is 3.39. The SMILES string of the molecule is COc1ccc(OC)c(S(=O)(=O)N2CCN(C3CC3)CC2)c1. The van der Waals surface area contributed by atoms with Gasteiger partial charge in [0, 0.05) is 38.3 Å². The molecule has 0 bridgehead atoms. The molecule has 0 spiro atoms. The largest absolute Gasteiger partial charge is 0.497 e. The van der Waals surface area contributed by atoms with Gasteiger partial charge in [0.05, 0.1) is 14.2 Å². The van der Waals surface area contributed by atoms with E-state index in [0.29, 0.717) is 30.6 Å². The van der Waals surface area contributed by atoms with Crippen molar-refractivity contribution >= 4 is 10.0 Å². The maximum atomic E-state index is 12.9. The lowest BCUT2D eigenvalue weighted by Gasteiger charge is -2.34. The van der Waals surface area contributed by atoms with E-state index in [0.717, 1.165) is 13.1 Å². The minimum Gasteiger partial charge on any atom is -0.497 e. The van der Waals surface area contributed by atoms with Crippen LogP contribution in [0.15, 0.2) is 23.1 Å². The maximum Gasteiger partial charge on any atom is 0.246 e. The summed E-state index contributed by atoms with van der Waals surface area (Å²) >= 11 is 0. The summed E-state index contributed by atoms with van der Waals surface area (Å²) in [6.45, 7) is 2.66.